The molecule has 46 heavy (non-hydrogen) atoms. The molecule has 0 saturated carbocycles. The molecule has 0 amide bonds. The summed E-state index contributed by atoms with van der Waals surface area (Å²) >= 11 is 13.8. The van der Waals surface area contributed by atoms with Gasteiger partial charge in [-0.25, -0.2) is 9.79 Å². The summed E-state index contributed by atoms with van der Waals surface area (Å²) in [5.41, 5.74) is 2.80. The first-order valence-electron chi connectivity index (χ1n) is 14.8. The zero-order valence-electron chi connectivity index (χ0n) is 25.4. The number of hydrogen-bond acceptors (Lipinski definition) is 7. The van der Waals surface area contributed by atoms with Crippen molar-refractivity contribution in [3.05, 3.63) is 137 Å². The number of ether oxygens (including phenoxy) is 3. The second-order valence-corrected chi connectivity index (χ2v) is 12.4. The van der Waals surface area contributed by atoms with Crippen LogP contribution in [0.25, 0.3) is 16.8 Å². The Morgan fingerprint density at radius 1 is 0.978 bits per heavy atom. The monoisotopic (exact) mass is 672 g/mol. The van der Waals surface area contributed by atoms with Crippen LogP contribution in [0.15, 0.2) is 99.9 Å². The molecular formula is C36H30Cl2N2O5S. The standard InChI is InChI=1S/C36H30Cl2N2O5S/c1-4-43-26-15-11-23(12-16-26)33-32(35(42)44-5-2)21(3)39-36-40(33)34(41)31(46-36)19-28-27-9-7-6-8-22(27)13-17-30(28)45-20-24-10-14-25(37)18-29(24)38/h6-19,33H,4-5,20H2,1-3H3/b31-19-/t33-/m1/s1. The molecule has 0 radical (unpaired) electrons. The zero-order chi connectivity index (χ0) is 32.4. The third-order valence-electron chi connectivity index (χ3n) is 7.63. The Balaban J connectivity index is 1.51. The van der Waals surface area contributed by atoms with Crippen molar-refractivity contribution in [3.63, 3.8) is 0 Å². The molecule has 5 aromatic rings. The third kappa shape index (κ3) is 6.20. The second-order valence-electron chi connectivity index (χ2n) is 10.5. The number of thiazole rings is 1. The van der Waals surface area contributed by atoms with Crippen LogP contribution in [0.5, 0.6) is 11.5 Å². The van der Waals surface area contributed by atoms with E-state index in [1.54, 1.807) is 30.5 Å². The predicted octanol–water partition coefficient (Wildman–Crippen LogP) is 7.24. The Morgan fingerprint density at radius 3 is 2.50 bits per heavy atom. The molecule has 1 aromatic heterocycles. The van der Waals surface area contributed by atoms with Gasteiger partial charge in [-0.3, -0.25) is 9.36 Å². The first kappa shape index (κ1) is 31.6. The summed E-state index contributed by atoms with van der Waals surface area (Å²) < 4.78 is 19.4. The first-order valence-corrected chi connectivity index (χ1v) is 16.4. The third-order valence-corrected chi connectivity index (χ3v) is 9.20. The van der Waals surface area contributed by atoms with Gasteiger partial charge in [-0.2, -0.15) is 0 Å². The number of allylic oxidation sites excluding steroid dienone is 1. The minimum atomic E-state index is -0.733. The van der Waals surface area contributed by atoms with Gasteiger partial charge < -0.3 is 14.2 Å². The smallest absolute Gasteiger partial charge is 0.338 e. The number of carbonyl (C=O) groups is 1. The van der Waals surface area contributed by atoms with Gasteiger partial charge in [0.15, 0.2) is 4.80 Å². The number of rotatable bonds is 9. The number of hydrogen-bond donors (Lipinski definition) is 0. The summed E-state index contributed by atoms with van der Waals surface area (Å²) in [6.07, 6.45) is 1.84. The van der Waals surface area contributed by atoms with Crippen LogP contribution in [-0.4, -0.2) is 23.8 Å². The molecule has 10 heteroatoms. The molecule has 234 valence electrons. The van der Waals surface area contributed by atoms with Crippen molar-refractivity contribution in [3.8, 4) is 11.5 Å². The average Bonchev–Trinajstić information content (AvgIpc) is 3.35. The summed E-state index contributed by atoms with van der Waals surface area (Å²) in [5.74, 6) is 0.768. The van der Waals surface area contributed by atoms with Gasteiger partial charge in [0.25, 0.3) is 5.56 Å². The topological polar surface area (TPSA) is 79.1 Å². The minimum absolute atomic E-state index is 0.196. The molecule has 0 saturated heterocycles. The molecule has 6 rings (SSSR count). The fourth-order valence-electron chi connectivity index (χ4n) is 5.50. The van der Waals surface area contributed by atoms with Crippen molar-refractivity contribution in [2.75, 3.05) is 13.2 Å². The van der Waals surface area contributed by atoms with Gasteiger partial charge in [-0.05, 0) is 73.5 Å². The molecule has 1 atom stereocenters. The number of fused-ring (bicyclic) bond motifs is 2. The fourth-order valence-corrected chi connectivity index (χ4v) is 6.99. The summed E-state index contributed by atoms with van der Waals surface area (Å²) in [4.78, 5) is 32.8. The molecule has 4 aromatic carbocycles. The van der Waals surface area contributed by atoms with Crippen LogP contribution in [-0.2, 0) is 16.1 Å². The molecule has 0 aliphatic carbocycles. The molecule has 1 aliphatic rings. The Bertz CT molecular complexity index is 2170. The van der Waals surface area contributed by atoms with Gasteiger partial charge in [0.2, 0.25) is 0 Å². The molecular weight excluding hydrogens is 643 g/mol. The number of aromatic nitrogens is 1. The molecule has 0 N–H and O–H groups in total. The van der Waals surface area contributed by atoms with Gasteiger partial charge in [0.05, 0.1) is 35.1 Å². The van der Waals surface area contributed by atoms with E-state index in [0.717, 1.165) is 27.5 Å². The molecule has 7 nitrogen and oxygen atoms in total. The van der Waals surface area contributed by atoms with Gasteiger partial charge in [-0.15, -0.1) is 0 Å². The summed E-state index contributed by atoms with van der Waals surface area (Å²) in [5, 5.41) is 2.95. The Labute approximate surface area is 279 Å². The summed E-state index contributed by atoms with van der Waals surface area (Å²) in [6.45, 7) is 6.35. The van der Waals surface area contributed by atoms with Crippen molar-refractivity contribution in [2.24, 2.45) is 4.99 Å². The van der Waals surface area contributed by atoms with E-state index in [-0.39, 0.29) is 18.8 Å². The lowest BCUT2D eigenvalue weighted by atomic mass is 9.96. The molecule has 1 aliphatic heterocycles. The maximum absolute atomic E-state index is 14.3. The van der Waals surface area contributed by atoms with Crippen molar-refractivity contribution < 1.29 is 19.0 Å². The fraction of sp³-hybridized carbons (Fsp3) is 0.194. The lowest BCUT2D eigenvalue weighted by Crippen LogP contribution is -2.39. The highest BCUT2D eigenvalue weighted by molar-refractivity contribution is 7.07. The van der Waals surface area contributed by atoms with Crippen LogP contribution in [0.4, 0.5) is 0 Å². The average molecular weight is 674 g/mol. The van der Waals surface area contributed by atoms with Crippen LogP contribution in [0.1, 0.15) is 43.5 Å². The van der Waals surface area contributed by atoms with E-state index in [0.29, 0.717) is 48.8 Å². The maximum atomic E-state index is 14.3. The number of esters is 1. The van der Waals surface area contributed by atoms with Gasteiger partial charge in [-0.1, -0.05) is 83.1 Å². The zero-order valence-corrected chi connectivity index (χ0v) is 27.7. The van der Waals surface area contributed by atoms with E-state index >= 15 is 0 Å². The van der Waals surface area contributed by atoms with Gasteiger partial charge >= 0.3 is 5.97 Å². The largest absolute Gasteiger partial charge is 0.494 e. The second kappa shape index (κ2) is 13.5. The number of halogens is 2. The molecule has 0 fully saturated rings. The number of carbonyl (C=O) groups excluding carboxylic acids is 1. The lowest BCUT2D eigenvalue weighted by molar-refractivity contribution is -0.139. The maximum Gasteiger partial charge on any atom is 0.338 e. The molecule has 0 spiro atoms. The highest BCUT2D eigenvalue weighted by Gasteiger charge is 2.33. The quantitative estimate of drug-likeness (QED) is 0.154. The SMILES string of the molecule is CCOC(=O)C1=C(C)N=c2s/c(=C\c3c(OCc4ccc(Cl)cc4Cl)ccc4ccccc34)c(=O)n2[C@@H]1c1ccc(OCC)cc1. The Morgan fingerprint density at radius 2 is 1.76 bits per heavy atom. The summed E-state index contributed by atoms with van der Waals surface area (Å²) in [7, 11) is 0. The lowest BCUT2D eigenvalue weighted by Gasteiger charge is -2.24. The Hall–Kier alpha value is -4.37. The van der Waals surface area contributed by atoms with Gasteiger partial charge in [0, 0.05) is 21.2 Å². The van der Waals surface area contributed by atoms with Crippen LogP contribution in [0.3, 0.4) is 0 Å². The normalized spacial score (nSPS) is 14.6. The van der Waals surface area contributed by atoms with Crippen molar-refractivity contribution in [1.29, 1.82) is 0 Å². The predicted molar refractivity (Wildman–Crippen MR) is 183 cm³/mol. The van der Waals surface area contributed by atoms with Crippen molar-refractivity contribution in [2.45, 2.75) is 33.4 Å². The van der Waals surface area contributed by atoms with Crippen LogP contribution >= 0.6 is 34.5 Å². The van der Waals surface area contributed by atoms with Crippen LogP contribution in [0.2, 0.25) is 10.0 Å². The number of nitrogens with zero attached hydrogens (tertiary/aromatic N) is 2. The van der Waals surface area contributed by atoms with Crippen LogP contribution < -0.4 is 24.4 Å². The summed E-state index contributed by atoms with van der Waals surface area (Å²) in [6, 6.07) is 23.7. The first-order chi connectivity index (χ1) is 22.3. The van der Waals surface area contributed by atoms with Gasteiger partial charge in [0.1, 0.15) is 18.1 Å². The van der Waals surface area contributed by atoms with E-state index in [1.807, 2.05) is 79.7 Å². The molecule has 2 heterocycles. The van der Waals surface area contributed by atoms with E-state index in [2.05, 4.69) is 0 Å². The van der Waals surface area contributed by atoms with E-state index in [9.17, 15) is 9.59 Å². The Kier molecular flexibility index (Phi) is 9.31. The van der Waals surface area contributed by atoms with Crippen molar-refractivity contribution in [1.82, 2.24) is 4.57 Å². The molecule has 0 bridgehead atoms. The molecule has 0 unspecified atom stereocenters. The van der Waals surface area contributed by atoms with Crippen LogP contribution in [0, 0.1) is 0 Å². The van der Waals surface area contributed by atoms with E-state index in [1.165, 1.54) is 11.3 Å². The highest BCUT2D eigenvalue weighted by Crippen LogP contribution is 2.33. The number of benzene rings is 4. The highest BCUT2D eigenvalue weighted by atomic mass is 35.5. The minimum Gasteiger partial charge on any atom is -0.494 e. The van der Waals surface area contributed by atoms with E-state index < -0.39 is 12.0 Å². The van der Waals surface area contributed by atoms with E-state index in [4.69, 9.17) is 42.4 Å². The van der Waals surface area contributed by atoms with Crippen molar-refractivity contribution >= 4 is 57.4 Å².